The standard InChI is InChI=1S/2C7H9NO3/c2*1-6(2)7(10)11-4-3-8-5-9/h2*1,3-4H2,2H3. The molecule has 0 aromatic carbocycles. The van der Waals surface area contributed by atoms with Crippen molar-refractivity contribution < 1.29 is 28.7 Å². The topological polar surface area (TPSA) is 111 Å². The minimum Gasteiger partial charge on any atom is -0.460 e. The summed E-state index contributed by atoms with van der Waals surface area (Å²) in [7, 11) is 0. The van der Waals surface area contributed by atoms with E-state index in [4.69, 9.17) is 0 Å². The van der Waals surface area contributed by atoms with Gasteiger partial charge in [0.1, 0.15) is 13.2 Å². The Balaban J connectivity index is 0. The van der Waals surface area contributed by atoms with Crippen LogP contribution in [-0.2, 0) is 28.7 Å². The fourth-order valence-electron chi connectivity index (χ4n) is 0.706. The first-order chi connectivity index (χ1) is 10.4. The lowest BCUT2D eigenvalue weighted by Crippen LogP contribution is -2.07. The second-order valence-electron chi connectivity index (χ2n) is 3.78. The molecule has 0 rings (SSSR count). The quantitative estimate of drug-likeness (QED) is 0.216. The summed E-state index contributed by atoms with van der Waals surface area (Å²) in [5.41, 5.74) is 0.667. The average Bonchev–Trinajstić information content (AvgIpc) is 2.48. The van der Waals surface area contributed by atoms with Crippen molar-refractivity contribution in [3.8, 4) is 0 Å². The van der Waals surface area contributed by atoms with E-state index in [1.165, 1.54) is 12.2 Å². The first kappa shape index (κ1) is 21.5. The number of ether oxygens (including phenoxy) is 2. The van der Waals surface area contributed by atoms with Crippen molar-refractivity contribution in [2.45, 2.75) is 13.8 Å². The van der Waals surface area contributed by atoms with E-state index in [0.717, 1.165) is 0 Å². The maximum absolute atomic E-state index is 10.6. The number of nitrogens with zero attached hydrogens (tertiary/aromatic N) is 2. The van der Waals surface area contributed by atoms with E-state index in [-0.39, 0.29) is 26.3 Å². The van der Waals surface area contributed by atoms with E-state index in [1.807, 2.05) is 0 Å². The molecule has 0 heterocycles. The third-order valence-electron chi connectivity index (χ3n) is 1.70. The minimum absolute atomic E-state index is 0.0981. The number of hydrogen-bond donors (Lipinski definition) is 0. The molecule has 8 nitrogen and oxygen atoms in total. The molecular formula is C14H18N2O6. The predicted molar refractivity (Wildman–Crippen MR) is 77.5 cm³/mol. The van der Waals surface area contributed by atoms with E-state index in [9.17, 15) is 19.2 Å². The van der Waals surface area contributed by atoms with E-state index in [2.05, 4.69) is 32.6 Å². The van der Waals surface area contributed by atoms with Crippen LogP contribution in [0.5, 0.6) is 0 Å². The van der Waals surface area contributed by atoms with Crippen molar-refractivity contribution in [2.24, 2.45) is 9.98 Å². The van der Waals surface area contributed by atoms with Crippen LogP contribution >= 0.6 is 0 Å². The van der Waals surface area contributed by atoms with Crippen LogP contribution in [0.15, 0.2) is 34.3 Å². The molecule has 0 unspecified atom stereocenters. The Bertz CT molecular complexity index is 453. The van der Waals surface area contributed by atoms with Crippen LogP contribution in [0.3, 0.4) is 0 Å². The van der Waals surface area contributed by atoms with Crippen molar-refractivity contribution in [3.05, 3.63) is 24.3 Å². The van der Waals surface area contributed by atoms with Crippen molar-refractivity contribution in [3.63, 3.8) is 0 Å². The number of carbonyl (C=O) groups is 2. The molecule has 0 saturated carbocycles. The largest absolute Gasteiger partial charge is 0.460 e. The highest BCUT2D eigenvalue weighted by Crippen LogP contribution is 1.91. The lowest BCUT2D eigenvalue weighted by molar-refractivity contribution is -0.139. The molecule has 0 fully saturated rings. The number of aliphatic imine (C=N–C) groups is 2. The van der Waals surface area contributed by atoms with Crippen molar-refractivity contribution in [2.75, 3.05) is 26.3 Å². The molecule has 0 saturated heterocycles. The summed E-state index contributed by atoms with van der Waals surface area (Å²) in [5.74, 6) is -0.933. The van der Waals surface area contributed by atoms with E-state index >= 15 is 0 Å². The Kier molecular flexibility index (Phi) is 14.2. The van der Waals surface area contributed by atoms with Crippen molar-refractivity contribution >= 4 is 24.1 Å². The molecule has 0 aromatic heterocycles. The molecule has 0 amide bonds. The Morgan fingerprint density at radius 2 is 1.18 bits per heavy atom. The van der Waals surface area contributed by atoms with Crippen LogP contribution in [0.2, 0.25) is 0 Å². The van der Waals surface area contributed by atoms with Gasteiger partial charge in [0.2, 0.25) is 12.2 Å². The van der Waals surface area contributed by atoms with Gasteiger partial charge in [-0.3, -0.25) is 0 Å². The highest BCUT2D eigenvalue weighted by Gasteiger charge is 2.01. The van der Waals surface area contributed by atoms with Gasteiger partial charge in [0.25, 0.3) is 0 Å². The van der Waals surface area contributed by atoms with Gasteiger partial charge in [-0.2, -0.15) is 0 Å². The molecule has 8 heteroatoms. The molecule has 0 spiro atoms. The van der Waals surface area contributed by atoms with Gasteiger partial charge in [0.05, 0.1) is 13.1 Å². The molecular weight excluding hydrogens is 292 g/mol. The van der Waals surface area contributed by atoms with Crippen LogP contribution < -0.4 is 0 Å². The predicted octanol–water partition coefficient (Wildman–Crippen LogP) is 0.883. The van der Waals surface area contributed by atoms with Gasteiger partial charge in [0, 0.05) is 11.1 Å². The third-order valence-corrected chi connectivity index (χ3v) is 1.70. The van der Waals surface area contributed by atoms with Gasteiger partial charge in [0.15, 0.2) is 0 Å². The summed E-state index contributed by atoms with van der Waals surface area (Å²) >= 11 is 0. The molecule has 0 bridgehead atoms. The van der Waals surface area contributed by atoms with Crippen molar-refractivity contribution in [1.82, 2.24) is 0 Å². The number of carbonyl (C=O) groups excluding carboxylic acids is 4. The van der Waals surface area contributed by atoms with Crippen LogP contribution in [-0.4, -0.2) is 50.4 Å². The fraction of sp³-hybridized carbons (Fsp3) is 0.429. The Morgan fingerprint density at radius 1 is 0.864 bits per heavy atom. The first-order valence-corrected chi connectivity index (χ1v) is 6.09. The molecule has 0 aliphatic rings. The summed E-state index contributed by atoms with van der Waals surface area (Å²) in [6.07, 6.45) is 2.66. The lowest BCUT2D eigenvalue weighted by Gasteiger charge is -1.99. The van der Waals surface area contributed by atoms with Crippen LogP contribution in [0.25, 0.3) is 0 Å². The number of hydrogen-bond acceptors (Lipinski definition) is 8. The Hall–Kier alpha value is -2.82. The summed E-state index contributed by atoms with van der Waals surface area (Å²) < 4.78 is 9.19. The van der Waals surface area contributed by atoms with Gasteiger partial charge in [-0.1, -0.05) is 13.2 Å². The molecule has 0 aromatic rings. The summed E-state index contributed by atoms with van der Waals surface area (Å²) in [6, 6.07) is 0. The highest BCUT2D eigenvalue weighted by atomic mass is 16.5. The molecule has 0 N–H and O–H groups in total. The molecule has 0 aliphatic heterocycles. The van der Waals surface area contributed by atoms with Crippen LogP contribution in [0.1, 0.15) is 13.8 Å². The van der Waals surface area contributed by atoms with E-state index in [0.29, 0.717) is 11.1 Å². The fourth-order valence-corrected chi connectivity index (χ4v) is 0.706. The number of isocyanates is 2. The van der Waals surface area contributed by atoms with E-state index in [1.54, 1.807) is 13.8 Å². The maximum Gasteiger partial charge on any atom is 0.333 e. The highest BCUT2D eigenvalue weighted by molar-refractivity contribution is 5.87. The molecule has 22 heavy (non-hydrogen) atoms. The van der Waals surface area contributed by atoms with E-state index < -0.39 is 11.9 Å². The molecule has 0 aliphatic carbocycles. The Labute approximate surface area is 128 Å². The van der Waals surface area contributed by atoms with Gasteiger partial charge in [-0.05, 0) is 13.8 Å². The summed E-state index contributed by atoms with van der Waals surface area (Å²) in [4.78, 5) is 46.7. The van der Waals surface area contributed by atoms with Crippen molar-refractivity contribution in [1.29, 1.82) is 0 Å². The SMILES string of the molecule is C=C(C)C(=O)OCCN=C=O.C=C(C)C(=O)OCCN=C=O. The zero-order valence-corrected chi connectivity index (χ0v) is 12.6. The summed E-state index contributed by atoms with van der Waals surface area (Å²) in [5, 5.41) is 0. The third kappa shape index (κ3) is 15.2. The minimum atomic E-state index is -0.467. The zero-order chi connectivity index (χ0) is 17.4. The number of rotatable bonds is 8. The molecule has 0 atom stereocenters. The second-order valence-corrected chi connectivity index (χ2v) is 3.78. The lowest BCUT2D eigenvalue weighted by atomic mass is 10.4. The van der Waals surface area contributed by atoms with Gasteiger partial charge < -0.3 is 9.47 Å². The Morgan fingerprint density at radius 3 is 1.41 bits per heavy atom. The monoisotopic (exact) mass is 310 g/mol. The molecule has 0 radical (unpaired) electrons. The normalized spacial score (nSPS) is 8.09. The first-order valence-electron chi connectivity index (χ1n) is 6.09. The van der Waals surface area contributed by atoms with Gasteiger partial charge in [-0.25, -0.2) is 29.2 Å². The smallest absolute Gasteiger partial charge is 0.333 e. The van der Waals surface area contributed by atoms with Gasteiger partial charge in [-0.15, -0.1) is 0 Å². The van der Waals surface area contributed by atoms with Crippen LogP contribution in [0.4, 0.5) is 0 Å². The maximum atomic E-state index is 10.6. The average molecular weight is 310 g/mol. The van der Waals surface area contributed by atoms with Gasteiger partial charge >= 0.3 is 11.9 Å². The zero-order valence-electron chi connectivity index (χ0n) is 12.6. The summed E-state index contributed by atoms with van der Waals surface area (Å²) in [6.45, 7) is 10.3. The molecule has 120 valence electrons. The number of esters is 2. The second kappa shape index (κ2) is 14.6. The van der Waals surface area contributed by atoms with Crippen LogP contribution in [0, 0.1) is 0 Å².